The third kappa shape index (κ3) is 4.76. The summed E-state index contributed by atoms with van der Waals surface area (Å²) in [7, 11) is 0. The Hall–Kier alpha value is -3.23. The number of thiazole rings is 1. The van der Waals surface area contributed by atoms with Gasteiger partial charge in [-0.3, -0.25) is 4.79 Å². The Morgan fingerprint density at radius 1 is 1.27 bits per heavy atom. The molecule has 3 heterocycles. The first-order valence-electron chi connectivity index (χ1n) is 12.9. The van der Waals surface area contributed by atoms with Gasteiger partial charge in [-0.2, -0.15) is 0 Å². The number of carbonyl (C=O) groups excluding carboxylic acids is 1. The molecule has 1 aliphatic heterocycles. The molecular formula is C29H33N2O5S+. The van der Waals surface area contributed by atoms with Crippen molar-refractivity contribution in [2.45, 2.75) is 53.5 Å². The minimum atomic E-state index is -0.716. The second-order valence-electron chi connectivity index (χ2n) is 10.6. The van der Waals surface area contributed by atoms with Crippen molar-refractivity contribution in [1.29, 1.82) is 0 Å². The van der Waals surface area contributed by atoms with Crippen LogP contribution in [0.2, 0.25) is 0 Å². The Bertz CT molecular complexity index is 1520. The number of phenolic OH excluding ortho intramolecular Hbond substituents is 1. The van der Waals surface area contributed by atoms with E-state index in [0.717, 1.165) is 36.1 Å². The predicted molar refractivity (Wildman–Crippen MR) is 146 cm³/mol. The van der Waals surface area contributed by atoms with E-state index in [0.29, 0.717) is 34.5 Å². The second kappa shape index (κ2) is 9.91. The molecule has 194 valence electrons. The van der Waals surface area contributed by atoms with E-state index >= 15 is 0 Å². The maximum absolute atomic E-state index is 14.1. The predicted octanol–water partition coefficient (Wildman–Crippen LogP) is 4.72. The van der Waals surface area contributed by atoms with Gasteiger partial charge >= 0.3 is 5.97 Å². The number of fused-ring (bicyclic) bond motifs is 2. The second-order valence-corrected chi connectivity index (χ2v) is 11.6. The van der Waals surface area contributed by atoms with E-state index in [9.17, 15) is 14.7 Å². The Morgan fingerprint density at radius 2 is 2.05 bits per heavy atom. The number of piperidine rings is 1. The molecule has 1 saturated heterocycles. The van der Waals surface area contributed by atoms with E-state index in [1.54, 1.807) is 13.0 Å². The van der Waals surface area contributed by atoms with Crippen LogP contribution in [-0.4, -0.2) is 35.8 Å². The first-order chi connectivity index (χ1) is 17.7. The Kier molecular flexibility index (Phi) is 6.81. The molecule has 1 aliphatic rings. The summed E-state index contributed by atoms with van der Waals surface area (Å²) < 4.78 is 12.5. The van der Waals surface area contributed by atoms with Crippen LogP contribution in [0.25, 0.3) is 31.8 Å². The first-order valence-corrected chi connectivity index (χ1v) is 13.7. The molecule has 4 aromatic rings. The fraction of sp³-hybridized carbons (Fsp3) is 0.414. The summed E-state index contributed by atoms with van der Waals surface area (Å²) >= 11 is 1.34. The van der Waals surface area contributed by atoms with Crippen molar-refractivity contribution in [3.8, 4) is 16.3 Å². The van der Waals surface area contributed by atoms with E-state index < -0.39 is 5.97 Å². The monoisotopic (exact) mass is 521 g/mol. The van der Waals surface area contributed by atoms with Crippen LogP contribution in [-0.2, 0) is 17.7 Å². The summed E-state index contributed by atoms with van der Waals surface area (Å²) in [4.78, 5) is 33.1. The number of esters is 1. The maximum atomic E-state index is 14.1. The fourth-order valence-corrected chi connectivity index (χ4v) is 6.47. The number of ether oxygens (including phenoxy) is 1. The maximum Gasteiger partial charge on any atom is 0.375 e. The normalized spacial score (nSPS) is 17.4. The lowest BCUT2D eigenvalue weighted by Crippen LogP contribution is -3.13. The number of quaternary nitrogens is 1. The number of hydrogen-bond donors (Lipinski definition) is 2. The van der Waals surface area contributed by atoms with E-state index in [4.69, 9.17) is 9.15 Å². The molecule has 0 aliphatic carbocycles. The van der Waals surface area contributed by atoms with Gasteiger partial charge in [0.25, 0.3) is 0 Å². The minimum Gasteiger partial charge on any atom is -0.507 e. The summed E-state index contributed by atoms with van der Waals surface area (Å²) in [5.74, 6) is -0.749. The number of carbonyl (C=O) groups is 1. The largest absolute Gasteiger partial charge is 0.507 e. The number of para-hydroxylation sites is 1. The zero-order chi connectivity index (χ0) is 26.3. The molecule has 2 aromatic heterocycles. The summed E-state index contributed by atoms with van der Waals surface area (Å²) in [6, 6.07) is 9.29. The molecule has 1 atom stereocenters. The summed E-state index contributed by atoms with van der Waals surface area (Å²) in [6.45, 7) is 10.7. The molecule has 2 aromatic carbocycles. The number of benzene rings is 2. The molecule has 0 radical (unpaired) electrons. The van der Waals surface area contributed by atoms with Crippen LogP contribution in [0.5, 0.6) is 5.75 Å². The van der Waals surface area contributed by atoms with E-state index in [1.807, 2.05) is 31.2 Å². The lowest BCUT2D eigenvalue weighted by molar-refractivity contribution is -0.925. The van der Waals surface area contributed by atoms with Gasteiger partial charge < -0.3 is 19.2 Å². The summed E-state index contributed by atoms with van der Waals surface area (Å²) in [5.41, 5.74) is 2.21. The third-order valence-electron chi connectivity index (χ3n) is 7.22. The zero-order valence-corrected chi connectivity index (χ0v) is 22.6. The first kappa shape index (κ1) is 25.4. The van der Waals surface area contributed by atoms with Gasteiger partial charge in [-0.15, -0.1) is 11.3 Å². The lowest BCUT2D eigenvalue weighted by atomic mass is 9.84. The molecule has 0 spiro atoms. The topological polar surface area (TPSA) is 94.1 Å². The zero-order valence-electron chi connectivity index (χ0n) is 21.8. The number of nitrogens with zero attached hydrogens (tertiary/aromatic N) is 1. The average Bonchev–Trinajstić information content (AvgIpc) is 3.29. The van der Waals surface area contributed by atoms with Gasteiger partial charge in [0.05, 0.1) is 40.9 Å². The standard InChI is InChI=1S/C29H32N2O5S/c1-5-17-14-18-24(33)22(27-30-20-10-7-8-11-21(20)37-27)26(28(34)35-6-2)36-25(18)19(23(17)32)15-31-13-9-12-29(3,4)16-31/h7-8,10-11,14,32H,5-6,9,12-13,15-16H2,1-4H3/p+1. The summed E-state index contributed by atoms with van der Waals surface area (Å²) in [5, 5.41) is 12.0. The highest BCUT2D eigenvalue weighted by atomic mass is 32.1. The SMILES string of the molecule is CCOC(=O)c1oc2c(C[NH+]3CCCC(C)(C)C3)c(O)c(CC)cc2c(=O)c1-c1nc2ccccc2s1. The van der Waals surface area contributed by atoms with Crippen molar-refractivity contribution in [3.05, 3.63) is 57.4 Å². The highest BCUT2D eigenvalue weighted by Gasteiger charge is 2.33. The Balaban J connectivity index is 1.76. The van der Waals surface area contributed by atoms with Crippen LogP contribution in [0.1, 0.15) is 62.2 Å². The van der Waals surface area contributed by atoms with Crippen LogP contribution in [0.4, 0.5) is 0 Å². The van der Waals surface area contributed by atoms with Gasteiger partial charge in [0, 0.05) is 5.41 Å². The number of hydrogen-bond acceptors (Lipinski definition) is 7. The summed E-state index contributed by atoms with van der Waals surface area (Å²) in [6.07, 6.45) is 2.81. The molecule has 0 amide bonds. The van der Waals surface area contributed by atoms with E-state index in [1.165, 1.54) is 16.2 Å². The quantitative estimate of drug-likeness (QED) is 0.357. The molecule has 8 heteroatoms. The average molecular weight is 522 g/mol. The van der Waals surface area contributed by atoms with Gasteiger partial charge in [0.15, 0.2) is 5.58 Å². The van der Waals surface area contributed by atoms with Crippen LogP contribution in [0, 0.1) is 5.41 Å². The highest BCUT2D eigenvalue weighted by Crippen LogP contribution is 2.36. The van der Waals surface area contributed by atoms with Crippen molar-refractivity contribution in [1.82, 2.24) is 4.98 Å². The van der Waals surface area contributed by atoms with Crippen molar-refractivity contribution in [2.75, 3.05) is 19.7 Å². The van der Waals surface area contributed by atoms with Crippen molar-refractivity contribution in [3.63, 3.8) is 0 Å². The number of aromatic hydroxyl groups is 1. The van der Waals surface area contributed by atoms with Crippen LogP contribution >= 0.6 is 11.3 Å². The number of nitrogens with one attached hydrogen (secondary N) is 1. The number of aryl methyl sites for hydroxylation is 1. The van der Waals surface area contributed by atoms with E-state index in [-0.39, 0.29) is 40.1 Å². The molecule has 1 fully saturated rings. The fourth-order valence-electron chi connectivity index (χ4n) is 5.47. The molecule has 7 nitrogen and oxygen atoms in total. The third-order valence-corrected chi connectivity index (χ3v) is 8.27. The van der Waals surface area contributed by atoms with Crippen molar-refractivity contribution >= 4 is 38.5 Å². The van der Waals surface area contributed by atoms with Gasteiger partial charge in [0.1, 0.15) is 22.9 Å². The van der Waals surface area contributed by atoms with Crippen LogP contribution in [0.15, 0.2) is 39.5 Å². The number of phenols is 1. The van der Waals surface area contributed by atoms with Gasteiger partial charge in [-0.25, -0.2) is 9.78 Å². The van der Waals surface area contributed by atoms with E-state index in [2.05, 4.69) is 18.8 Å². The Morgan fingerprint density at radius 3 is 2.76 bits per heavy atom. The van der Waals surface area contributed by atoms with Gasteiger partial charge in [-0.05, 0) is 49.9 Å². The number of aromatic nitrogens is 1. The molecule has 37 heavy (non-hydrogen) atoms. The van der Waals surface area contributed by atoms with Gasteiger partial charge in [0.2, 0.25) is 11.2 Å². The number of rotatable bonds is 6. The molecular weight excluding hydrogens is 488 g/mol. The highest BCUT2D eigenvalue weighted by molar-refractivity contribution is 7.21. The molecule has 5 rings (SSSR count). The Labute approximate surface area is 219 Å². The smallest absolute Gasteiger partial charge is 0.375 e. The van der Waals surface area contributed by atoms with Gasteiger partial charge in [-0.1, -0.05) is 32.9 Å². The van der Waals surface area contributed by atoms with Crippen molar-refractivity contribution in [2.24, 2.45) is 5.41 Å². The van der Waals surface area contributed by atoms with Crippen LogP contribution < -0.4 is 10.3 Å². The van der Waals surface area contributed by atoms with Crippen LogP contribution in [0.3, 0.4) is 0 Å². The number of likely N-dealkylation sites (tertiary alicyclic amines) is 1. The minimum absolute atomic E-state index is 0.109. The molecule has 0 saturated carbocycles. The lowest BCUT2D eigenvalue weighted by Gasteiger charge is -2.35. The molecule has 2 N–H and O–H groups in total. The molecule has 1 unspecified atom stereocenters. The van der Waals surface area contributed by atoms with Crippen molar-refractivity contribution < 1.29 is 24.0 Å². The molecule has 0 bridgehead atoms.